The highest BCUT2D eigenvalue weighted by Gasteiger charge is 2.14. The second-order valence-corrected chi connectivity index (χ2v) is 8.86. The Balaban J connectivity index is 1.46. The monoisotopic (exact) mass is 520 g/mol. The molecule has 0 fully saturated rings. The first-order valence-corrected chi connectivity index (χ1v) is 12.7. The second-order valence-electron chi connectivity index (χ2n) is 8.86. The zero-order valence-electron chi connectivity index (χ0n) is 21.9. The molecular formula is C29H36N4O5. The number of aliphatic hydroxyl groups excluding tert-OH is 2. The van der Waals surface area contributed by atoms with Crippen LogP contribution in [0.1, 0.15) is 22.3 Å². The molecule has 9 heteroatoms. The Morgan fingerprint density at radius 2 is 1.50 bits per heavy atom. The lowest BCUT2D eigenvalue weighted by molar-refractivity contribution is 0.289. The number of nitrogens with one attached hydrogen (secondary N) is 2. The zero-order chi connectivity index (χ0) is 26.7. The second kappa shape index (κ2) is 13.8. The molecule has 4 N–H and O–H groups in total. The molecule has 0 aliphatic heterocycles. The molecule has 9 nitrogen and oxygen atoms in total. The summed E-state index contributed by atoms with van der Waals surface area (Å²) in [6, 6.07) is 18.3. The molecule has 0 saturated heterocycles. The standard InChI is InChI=1S/C29H36N4O5/c1-36-28-14-24(15-29(37-2)26(28)17-31-11-13-35)38-20-23-4-3-5-27-25(23)18-32-33(27)19-22-8-6-21(7-9-22)16-30-10-12-34/h3-9,14-15,18,30-31,34-35H,10-13,16-17,19-20H2,1-2H3. The van der Waals surface area contributed by atoms with Gasteiger partial charge in [0, 0.05) is 49.3 Å². The van der Waals surface area contributed by atoms with Crippen LogP contribution in [-0.2, 0) is 26.2 Å². The number of hydrogen-bond acceptors (Lipinski definition) is 8. The Morgan fingerprint density at radius 3 is 2.16 bits per heavy atom. The van der Waals surface area contributed by atoms with Gasteiger partial charge in [0.15, 0.2) is 0 Å². The summed E-state index contributed by atoms with van der Waals surface area (Å²) in [5, 5.41) is 30.0. The van der Waals surface area contributed by atoms with Gasteiger partial charge in [0.25, 0.3) is 0 Å². The summed E-state index contributed by atoms with van der Waals surface area (Å²) < 4.78 is 19.3. The van der Waals surface area contributed by atoms with Crippen molar-refractivity contribution in [3.8, 4) is 17.2 Å². The van der Waals surface area contributed by atoms with Crippen LogP contribution in [0.2, 0.25) is 0 Å². The summed E-state index contributed by atoms with van der Waals surface area (Å²) >= 11 is 0. The number of rotatable bonds is 15. The fourth-order valence-electron chi connectivity index (χ4n) is 4.33. The third-order valence-corrected chi connectivity index (χ3v) is 6.32. The van der Waals surface area contributed by atoms with Gasteiger partial charge in [-0.3, -0.25) is 4.68 Å². The summed E-state index contributed by atoms with van der Waals surface area (Å²) in [5.74, 6) is 1.96. The van der Waals surface area contributed by atoms with Crippen LogP contribution < -0.4 is 24.8 Å². The van der Waals surface area contributed by atoms with E-state index in [0.717, 1.165) is 34.1 Å². The van der Waals surface area contributed by atoms with E-state index < -0.39 is 0 Å². The fraction of sp³-hybridized carbons (Fsp3) is 0.345. The minimum Gasteiger partial charge on any atom is -0.496 e. The molecule has 0 bridgehead atoms. The van der Waals surface area contributed by atoms with Crippen molar-refractivity contribution >= 4 is 10.9 Å². The number of ether oxygens (including phenoxy) is 3. The molecule has 0 amide bonds. The van der Waals surface area contributed by atoms with Gasteiger partial charge >= 0.3 is 0 Å². The smallest absolute Gasteiger partial charge is 0.130 e. The SMILES string of the molecule is COc1cc(OCc2cccc3c2cnn3Cc2ccc(CNCCO)cc2)cc(OC)c1CNCCO. The average Bonchev–Trinajstić information content (AvgIpc) is 3.36. The van der Waals surface area contributed by atoms with Gasteiger partial charge in [-0.05, 0) is 17.2 Å². The first kappa shape index (κ1) is 27.4. The van der Waals surface area contributed by atoms with E-state index in [0.29, 0.717) is 50.0 Å². The van der Waals surface area contributed by atoms with Gasteiger partial charge < -0.3 is 35.1 Å². The first-order valence-electron chi connectivity index (χ1n) is 12.7. The largest absolute Gasteiger partial charge is 0.496 e. The highest BCUT2D eigenvalue weighted by molar-refractivity contribution is 5.82. The third kappa shape index (κ3) is 6.81. The Morgan fingerprint density at radius 1 is 0.842 bits per heavy atom. The van der Waals surface area contributed by atoms with Crippen molar-refractivity contribution in [2.24, 2.45) is 0 Å². The molecule has 1 aromatic heterocycles. The van der Waals surface area contributed by atoms with E-state index in [1.54, 1.807) is 14.2 Å². The molecule has 38 heavy (non-hydrogen) atoms. The Kier molecular flexibility index (Phi) is 9.94. The van der Waals surface area contributed by atoms with E-state index >= 15 is 0 Å². The lowest BCUT2D eigenvalue weighted by Gasteiger charge is -2.16. The van der Waals surface area contributed by atoms with Crippen LogP contribution in [0, 0.1) is 0 Å². The molecule has 0 radical (unpaired) electrons. The normalized spacial score (nSPS) is 11.2. The summed E-state index contributed by atoms with van der Waals surface area (Å²) in [5.41, 5.74) is 5.28. The van der Waals surface area contributed by atoms with Gasteiger partial charge in [-0.15, -0.1) is 0 Å². The van der Waals surface area contributed by atoms with Gasteiger partial charge in [0.05, 0.1) is 51.3 Å². The van der Waals surface area contributed by atoms with Crippen LogP contribution in [-0.4, -0.2) is 60.5 Å². The molecule has 202 valence electrons. The van der Waals surface area contributed by atoms with Crippen molar-refractivity contribution in [2.75, 3.05) is 40.5 Å². The summed E-state index contributed by atoms with van der Waals surface area (Å²) in [6.45, 7) is 3.54. The lowest BCUT2D eigenvalue weighted by Crippen LogP contribution is -2.18. The molecule has 4 rings (SSSR count). The van der Waals surface area contributed by atoms with Crippen molar-refractivity contribution in [3.05, 3.63) is 83.0 Å². The van der Waals surface area contributed by atoms with Crippen LogP contribution in [0.15, 0.2) is 60.8 Å². The minimum atomic E-state index is 0.0596. The first-order chi connectivity index (χ1) is 18.7. The Labute approximate surface area is 223 Å². The molecule has 0 aliphatic rings. The predicted octanol–water partition coefficient (Wildman–Crippen LogP) is 2.84. The average molecular weight is 521 g/mol. The van der Waals surface area contributed by atoms with Crippen molar-refractivity contribution in [2.45, 2.75) is 26.2 Å². The van der Waals surface area contributed by atoms with E-state index in [-0.39, 0.29) is 13.2 Å². The third-order valence-electron chi connectivity index (χ3n) is 6.32. The molecular weight excluding hydrogens is 484 g/mol. The van der Waals surface area contributed by atoms with E-state index in [4.69, 9.17) is 24.4 Å². The molecule has 0 saturated carbocycles. The van der Waals surface area contributed by atoms with Gasteiger partial charge in [-0.25, -0.2) is 0 Å². The molecule has 0 spiro atoms. The van der Waals surface area contributed by atoms with Crippen LogP contribution in [0.5, 0.6) is 17.2 Å². The fourth-order valence-corrected chi connectivity index (χ4v) is 4.33. The Bertz CT molecular complexity index is 1280. The van der Waals surface area contributed by atoms with Crippen molar-refractivity contribution in [1.29, 1.82) is 0 Å². The maximum Gasteiger partial charge on any atom is 0.130 e. The van der Waals surface area contributed by atoms with Crippen LogP contribution >= 0.6 is 0 Å². The van der Waals surface area contributed by atoms with E-state index in [9.17, 15) is 0 Å². The highest BCUT2D eigenvalue weighted by atomic mass is 16.5. The number of fused-ring (bicyclic) bond motifs is 1. The number of methoxy groups -OCH3 is 2. The van der Waals surface area contributed by atoms with Crippen LogP contribution in [0.4, 0.5) is 0 Å². The lowest BCUT2D eigenvalue weighted by atomic mass is 10.1. The molecule has 0 atom stereocenters. The van der Waals surface area contributed by atoms with Crippen LogP contribution in [0.3, 0.4) is 0 Å². The Hall–Kier alpha value is -3.63. The summed E-state index contributed by atoms with van der Waals surface area (Å²) in [7, 11) is 3.23. The van der Waals surface area contributed by atoms with E-state index in [1.807, 2.05) is 35.1 Å². The molecule has 4 aromatic rings. The van der Waals surface area contributed by atoms with Crippen molar-refractivity contribution in [1.82, 2.24) is 20.4 Å². The van der Waals surface area contributed by atoms with Gasteiger partial charge in [-0.2, -0.15) is 5.10 Å². The van der Waals surface area contributed by atoms with Crippen molar-refractivity contribution < 1.29 is 24.4 Å². The molecule has 3 aromatic carbocycles. The molecule has 1 heterocycles. The predicted molar refractivity (Wildman–Crippen MR) is 147 cm³/mol. The maximum atomic E-state index is 9.05. The van der Waals surface area contributed by atoms with Gasteiger partial charge in [0.1, 0.15) is 23.9 Å². The van der Waals surface area contributed by atoms with Gasteiger partial charge in [0.2, 0.25) is 0 Å². The number of hydrogen-bond donors (Lipinski definition) is 4. The molecule has 0 aliphatic carbocycles. The topological polar surface area (TPSA) is 110 Å². The number of aliphatic hydroxyl groups is 2. The summed E-state index contributed by atoms with van der Waals surface area (Å²) in [6.07, 6.45) is 1.89. The number of benzene rings is 3. The van der Waals surface area contributed by atoms with Crippen LogP contribution in [0.25, 0.3) is 10.9 Å². The quantitative estimate of drug-likeness (QED) is 0.177. The zero-order valence-corrected chi connectivity index (χ0v) is 21.9. The van der Waals surface area contributed by atoms with Gasteiger partial charge in [-0.1, -0.05) is 36.4 Å². The van der Waals surface area contributed by atoms with E-state index in [1.165, 1.54) is 5.56 Å². The minimum absolute atomic E-state index is 0.0596. The highest BCUT2D eigenvalue weighted by Crippen LogP contribution is 2.34. The summed E-state index contributed by atoms with van der Waals surface area (Å²) in [4.78, 5) is 0. The van der Waals surface area contributed by atoms with Crippen molar-refractivity contribution in [3.63, 3.8) is 0 Å². The van der Waals surface area contributed by atoms with E-state index in [2.05, 4.69) is 46.1 Å². The maximum absolute atomic E-state index is 9.05. The molecule has 0 unspecified atom stereocenters. The number of aromatic nitrogens is 2. The number of nitrogens with zero attached hydrogens (tertiary/aromatic N) is 2.